The molecule has 4 rings (SSSR count). The Bertz CT molecular complexity index is 1090. The van der Waals surface area contributed by atoms with E-state index in [0.717, 1.165) is 40.1 Å². The topological polar surface area (TPSA) is 77.8 Å². The van der Waals surface area contributed by atoms with E-state index in [1.165, 1.54) is 5.56 Å². The van der Waals surface area contributed by atoms with Crippen molar-refractivity contribution in [2.24, 2.45) is 7.05 Å². The van der Waals surface area contributed by atoms with Gasteiger partial charge in [0.05, 0.1) is 25.2 Å². The molecular formula is C20H20N6O. The van der Waals surface area contributed by atoms with Crippen LogP contribution in [0.4, 0.5) is 11.5 Å². The van der Waals surface area contributed by atoms with Crippen molar-refractivity contribution in [3.63, 3.8) is 0 Å². The van der Waals surface area contributed by atoms with Gasteiger partial charge in [0.15, 0.2) is 0 Å². The summed E-state index contributed by atoms with van der Waals surface area (Å²) in [4.78, 5) is 17.1. The van der Waals surface area contributed by atoms with Crippen molar-refractivity contribution in [1.82, 2.24) is 24.5 Å². The number of anilines is 2. The van der Waals surface area contributed by atoms with Gasteiger partial charge in [-0.05, 0) is 29.7 Å². The van der Waals surface area contributed by atoms with Crippen LogP contribution in [-0.4, -0.2) is 31.6 Å². The predicted molar refractivity (Wildman–Crippen MR) is 105 cm³/mol. The summed E-state index contributed by atoms with van der Waals surface area (Å²) < 4.78 is 7.01. The first-order valence-electron chi connectivity index (χ1n) is 8.71. The van der Waals surface area contributed by atoms with E-state index in [-0.39, 0.29) is 0 Å². The summed E-state index contributed by atoms with van der Waals surface area (Å²) in [7, 11) is 3.53. The van der Waals surface area contributed by atoms with E-state index in [1.54, 1.807) is 32.0 Å². The Morgan fingerprint density at radius 2 is 1.81 bits per heavy atom. The van der Waals surface area contributed by atoms with Gasteiger partial charge >= 0.3 is 6.01 Å². The second-order valence-electron chi connectivity index (χ2n) is 6.22. The number of ether oxygens (including phenoxy) is 1. The molecule has 3 heterocycles. The highest BCUT2D eigenvalue weighted by molar-refractivity contribution is 5.79. The summed E-state index contributed by atoms with van der Waals surface area (Å²) in [5, 5.41) is 3.43. The molecule has 0 amide bonds. The van der Waals surface area contributed by atoms with Crippen LogP contribution in [0.2, 0.25) is 0 Å². The lowest BCUT2D eigenvalue weighted by atomic mass is 10.0. The second-order valence-corrected chi connectivity index (χ2v) is 6.22. The molecule has 0 fully saturated rings. The highest BCUT2D eigenvalue weighted by atomic mass is 16.5. The van der Waals surface area contributed by atoms with Crippen LogP contribution < -0.4 is 10.1 Å². The lowest BCUT2D eigenvalue weighted by Gasteiger charge is -2.13. The molecule has 3 aromatic heterocycles. The summed E-state index contributed by atoms with van der Waals surface area (Å²) in [6.45, 7) is 2.13. The minimum absolute atomic E-state index is 0.365. The zero-order valence-electron chi connectivity index (χ0n) is 15.5. The normalized spacial score (nSPS) is 10.9. The van der Waals surface area contributed by atoms with Crippen LogP contribution in [0, 0.1) is 0 Å². The molecule has 0 atom stereocenters. The Balaban J connectivity index is 1.64. The number of rotatable bonds is 5. The molecule has 1 N–H and O–H groups in total. The average Bonchev–Trinajstić information content (AvgIpc) is 3.09. The van der Waals surface area contributed by atoms with Gasteiger partial charge in [-0.2, -0.15) is 0 Å². The van der Waals surface area contributed by atoms with E-state index in [1.807, 2.05) is 17.7 Å². The standard InChI is InChI=1S/C20H20N6O/c1-4-13-7-14(15-9-22-20(27-3)23-10-15)5-6-16(13)25-19-8-18-17(11-21-19)24-12-26(18)2/h5-12H,4H2,1-3H3,(H,21,25). The van der Waals surface area contributed by atoms with Crippen molar-refractivity contribution < 1.29 is 4.74 Å². The number of aromatic nitrogens is 5. The van der Waals surface area contributed by atoms with Crippen LogP contribution >= 0.6 is 0 Å². The van der Waals surface area contributed by atoms with Crippen LogP contribution in [0.3, 0.4) is 0 Å². The molecule has 0 bridgehead atoms. The maximum atomic E-state index is 5.02. The Morgan fingerprint density at radius 3 is 2.56 bits per heavy atom. The van der Waals surface area contributed by atoms with Gasteiger partial charge in [-0.25, -0.2) is 19.9 Å². The highest BCUT2D eigenvalue weighted by Gasteiger charge is 2.08. The van der Waals surface area contributed by atoms with Gasteiger partial charge < -0.3 is 14.6 Å². The van der Waals surface area contributed by atoms with Gasteiger partial charge in [-0.3, -0.25) is 0 Å². The van der Waals surface area contributed by atoms with Crippen molar-refractivity contribution in [3.8, 4) is 17.1 Å². The number of hydrogen-bond acceptors (Lipinski definition) is 6. The van der Waals surface area contributed by atoms with Gasteiger partial charge in [-0.15, -0.1) is 0 Å². The minimum Gasteiger partial charge on any atom is -0.467 e. The third-order valence-corrected chi connectivity index (χ3v) is 4.50. The number of aryl methyl sites for hydroxylation is 2. The lowest BCUT2D eigenvalue weighted by Crippen LogP contribution is -1.99. The van der Waals surface area contributed by atoms with Crippen LogP contribution in [-0.2, 0) is 13.5 Å². The third-order valence-electron chi connectivity index (χ3n) is 4.50. The van der Waals surface area contributed by atoms with Gasteiger partial charge in [-0.1, -0.05) is 13.0 Å². The second kappa shape index (κ2) is 7.03. The van der Waals surface area contributed by atoms with Crippen LogP contribution in [0.1, 0.15) is 12.5 Å². The summed E-state index contributed by atoms with van der Waals surface area (Å²) in [5.74, 6) is 0.793. The molecule has 0 aliphatic carbocycles. The fourth-order valence-electron chi connectivity index (χ4n) is 3.00. The Hall–Kier alpha value is -3.48. The average molecular weight is 360 g/mol. The molecule has 4 aromatic rings. The first kappa shape index (κ1) is 17.0. The van der Waals surface area contributed by atoms with Crippen molar-refractivity contribution in [2.75, 3.05) is 12.4 Å². The third kappa shape index (κ3) is 3.31. The van der Waals surface area contributed by atoms with E-state index in [4.69, 9.17) is 4.74 Å². The Labute approximate surface area is 157 Å². The molecular weight excluding hydrogens is 340 g/mol. The van der Waals surface area contributed by atoms with E-state index < -0.39 is 0 Å². The smallest absolute Gasteiger partial charge is 0.316 e. The minimum atomic E-state index is 0.365. The first-order valence-corrected chi connectivity index (χ1v) is 8.71. The molecule has 27 heavy (non-hydrogen) atoms. The molecule has 1 aromatic carbocycles. The van der Waals surface area contributed by atoms with E-state index >= 15 is 0 Å². The number of methoxy groups -OCH3 is 1. The molecule has 0 unspecified atom stereocenters. The lowest BCUT2D eigenvalue weighted by molar-refractivity contribution is 0.380. The number of pyridine rings is 1. The molecule has 7 nitrogen and oxygen atoms in total. The van der Waals surface area contributed by atoms with Gasteiger partial charge in [0.2, 0.25) is 0 Å². The number of nitrogens with zero attached hydrogens (tertiary/aromatic N) is 5. The summed E-state index contributed by atoms with van der Waals surface area (Å²) in [5.41, 5.74) is 6.16. The fourth-order valence-corrected chi connectivity index (χ4v) is 3.00. The molecule has 136 valence electrons. The van der Waals surface area contributed by atoms with Crippen LogP contribution in [0.15, 0.2) is 49.2 Å². The molecule has 0 saturated carbocycles. The van der Waals surface area contributed by atoms with Crippen molar-refractivity contribution >= 4 is 22.5 Å². The fraction of sp³-hybridized carbons (Fsp3) is 0.200. The summed E-state index contributed by atoms with van der Waals surface area (Å²) >= 11 is 0. The summed E-state index contributed by atoms with van der Waals surface area (Å²) in [6, 6.07) is 8.63. The van der Waals surface area contributed by atoms with E-state index in [0.29, 0.717) is 6.01 Å². The predicted octanol–water partition coefficient (Wildman–Crippen LogP) is 3.74. The first-order chi connectivity index (χ1) is 13.2. The Morgan fingerprint density at radius 1 is 1.00 bits per heavy atom. The highest BCUT2D eigenvalue weighted by Crippen LogP contribution is 2.28. The molecule has 0 radical (unpaired) electrons. The van der Waals surface area contributed by atoms with E-state index in [2.05, 4.69) is 50.4 Å². The monoisotopic (exact) mass is 360 g/mol. The number of benzene rings is 1. The van der Waals surface area contributed by atoms with Crippen molar-refractivity contribution in [1.29, 1.82) is 0 Å². The Kier molecular flexibility index (Phi) is 4.42. The van der Waals surface area contributed by atoms with Gasteiger partial charge in [0.25, 0.3) is 0 Å². The molecule has 7 heteroatoms. The maximum Gasteiger partial charge on any atom is 0.316 e. The van der Waals surface area contributed by atoms with Crippen molar-refractivity contribution in [3.05, 3.63) is 54.7 Å². The van der Waals surface area contributed by atoms with Crippen LogP contribution in [0.25, 0.3) is 22.2 Å². The summed E-state index contributed by atoms with van der Waals surface area (Å²) in [6.07, 6.45) is 8.00. The zero-order valence-corrected chi connectivity index (χ0v) is 15.5. The SMILES string of the molecule is CCc1cc(-c2cnc(OC)nc2)ccc1Nc1cc2c(cn1)ncn2C. The molecule has 0 spiro atoms. The largest absolute Gasteiger partial charge is 0.467 e. The number of imidazole rings is 1. The van der Waals surface area contributed by atoms with Crippen molar-refractivity contribution in [2.45, 2.75) is 13.3 Å². The molecule has 0 aliphatic rings. The van der Waals surface area contributed by atoms with Gasteiger partial charge in [0, 0.05) is 36.8 Å². The quantitative estimate of drug-likeness (QED) is 0.584. The van der Waals surface area contributed by atoms with Crippen LogP contribution in [0.5, 0.6) is 6.01 Å². The number of nitrogens with one attached hydrogen (secondary N) is 1. The van der Waals surface area contributed by atoms with Gasteiger partial charge in [0.1, 0.15) is 11.3 Å². The molecule has 0 aliphatic heterocycles. The number of hydrogen-bond donors (Lipinski definition) is 1. The molecule has 0 saturated heterocycles. The number of fused-ring (bicyclic) bond motifs is 1. The maximum absolute atomic E-state index is 5.02. The van der Waals surface area contributed by atoms with E-state index in [9.17, 15) is 0 Å². The zero-order chi connectivity index (χ0) is 18.8.